The Balaban J connectivity index is 1.75. The van der Waals surface area contributed by atoms with Crippen LogP contribution in [0.25, 0.3) is 0 Å². The van der Waals surface area contributed by atoms with Gasteiger partial charge in [-0.25, -0.2) is 4.79 Å². The average molecular weight is 372 g/mol. The Hall–Kier alpha value is -2.53. The van der Waals surface area contributed by atoms with Crippen LogP contribution in [0.15, 0.2) is 42.5 Å². The van der Waals surface area contributed by atoms with E-state index in [1.54, 1.807) is 41.0 Å². The van der Waals surface area contributed by atoms with E-state index in [-0.39, 0.29) is 11.9 Å². The van der Waals surface area contributed by atoms with Crippen molar-refractivity contribution in [2.24, 2.45) is 0 Å². The van der Waals surface area contributed by atoms with Gasteiger partial charge in [0.1, 0.15) is 6.04 Å². The third-order valence-corrected chi connectivity index (χ3v) is 5.09. The highest BCUT2D eigenvalue weighted by Gasteiger charge is 2.35. The Morgan fingerprint density at radius 1 is 1.15 bits per heavy atom. The monoisotopic (exact) mass is 371 g/mol. The number of hydrogen-bond donors (Lipinski definition) is 1. The van der Waals surface area contributed by atoms with Crippen LogP contribution in [0.5, 0.6) is 0 Å². The maximum absolute atomic E-state index is 12.9. The van der Waals surface area contributed by atoms with Crippen molar-refractivity contribution >= 4 is 34.9 Å². The number of rotatable bonds is 2. The number of benzene rings is 2. The molecule has 0 unspecified atom stereocenters. The highest BCUT2D eigenvalue weighted by molar-refractivity contribution is 6.30. The van der Waals surface area contributed by atoms with Gasteiger partial charge in [-0.05, 0) is 56.2 Å². The van der Waals surface area contributed by atoms with Gasteiger partial charge in [0.25, 0.3) is 0 Å². The van der Waals surface area contributed by atoms with E-state index in [1.165, 1.54) is 0 Å². The van der Waals surface area contributed by atoms with Crippen LogP contribution >= 0.6 is 11.6 Å². The molecule has 6 heteroatoms. The molecular weight excluding hydrogens is 350 g/mol. The number of carbonyl (C=O) groups excluding carboxylic acids is 2. The van der Waals surface area contributed by atoms with Crippen molar-refractivity contribution in [3.05, 3.63) is 58.6 Å². The van der Waals surface area contributed by atoms with Crippen molar-refractivity contribution in [2.75, 3.05) is 23.3 Å². The van der Waals surface area contributed by atoms with Crippen molar-refractivity contribution in [1.82, 2.24) is 4.90 Å². The quantitative estimate of drug-likeness (QED) is 0.859. The van der Waals surface area contributed by atoms with Crippen LogP contribution in [0.3, 0.4) is 0 Å². The molecule has 1 saturated heterocycles. The minimum Gasteiger partial charge on any atom is -0.311 e. The van der Waals surface area contributed by atoms with E-state index in [4.69, 9.17) is 11.6 Å². The predicted molar refractivity (Wildman–Crippen MR) is 105 cm³/mol. The van der Waals surface area contributed by atoms with E-state index < -0.39 is 6.04 Å². The number of anilines is 2. The van der Waals surface area contributed by atoms with E-state index in [1.807, 2.05) is 32.0 Å². The lowest BCUT2D eigenvalue weighted by Crippen LogP contribution is -2.58. The zero-order valence-electron chi connectivity index (χ0n) is 15.1. The van der Waals surface area contributed by atoms with Gasteiger partial charge in [-0.1, -0.05) is 29.8 Å². The number of urea groups is 1. The molecule has 26 heavy (non-hydrogen) atoms. The topological polar surface area (TPSA) is 52.6 Å². The zero-order valence-corrected chi connectivity index (χ0v) is 15.9. The maximum atomic E-state index is 12.9. The summed E-state index contributed by atoms with van der Waals surface area (Å²) in [4.78, 5) is 28.8. The Labute approximate surface area is 158 Å². The summed E-state index contributed by atoms with van der Waals surface area (Å²) in [6, 6.07) is 12.1. The number of piperazine rings is 1. The molecule has 2 aromatic rings. The normalized spacial score (nSPS) is 17.4. The molecule has 0 saturated carbocycles. The summed E-state index contributed by atoms with van der Waals surface area (Å²) in [6.07, 6.45) is 0. The van der Waals surface area contributed by atoms with Crippen LogP contribution in [0.4, 0.5) is 16.2 Å². The summed E-state index contributed by atoms with van der Waals surface area (Å²) >= 11 is 5.95. The van der Waals surface area contributed by atoms with Crippen molar-refractivity contribution in [1.29, 1.82) is 0 Å². The van der Waals surface area contributed by atoms with Gasteiger partial charge in [0.15, 0.2) is 0 Å². The van der Waals surface area contributed by atoms with E-state index >= 15 is 0 Å². The first kappa shape index (κ1) is 18.3. The lowest BCUT2D eigenvalue weighted by Gasteiger charge is -2.39. The first-order valence-corrected chi connectivity index (χ1v) is 8.97. The molecule has 0 radical (unpaired) electrons. The number of aryl methyl sites for hydroxylation is 1. The van der Waals surface area contributed by atoms with E-state index in [0.717, 1.165) is 16.8 Å². The average Bonchev–Trinajstić information content (AvgIpc) is 2.60. The molecule has 0 spiro atoms. The molecule has 5 nitrogen and oxygen atoms in total. The first-order chi connectivity index (χ1) is 12.4. The molecule has 0 aromatic heterocycles. The van der Waals surface area contributed by atoms with Gasteiger partial charge in [-0.3, -0.25) is 4.79 Å². The molecular formula is C20H22ClN3O2. The van der Waals surface area contributed by atoms with E-state index in [2.05, 4.69) is 5.32 Å². The number of halogens is 1. The summed E-state index contributed by atoms with van der Waals surface area (Å²) < 4.78 is 0. The molecule has 1 fully saturated rings. The smallest absolute Gasteiger partial charge is 0.311 e. The second-order valence-corrected chi connectivity index (χ2v) is 6.96. The van der Waals surface area contributed by atoms with E-state index in [9.17, 15) is 9.59 Å². The number of nitrogens with zero attached hydrogens (tertiary/aromatic N) is 2. The molecule has 0 bridgehead atoms. The fourth-order valence-corrected chi connectivity index (χ4v) is 3.37. The molecule has 1 aliphatic heterocycles. The van der Waals surface area contributed by atoms with Crippen LogP contribution in [0, 0.1) is 13.8 Å². The molecule has 1 aliphatic rings. The molecule has 136 valence electrons. The van der Waals surface area contributed by atoms with Gasteiger partial charge in [-0.2, -0.15) is 0 Å². The molecule has 3 rings (SSSR count). The molecule has 1 atom stereocenters. The molecule has 3 amide bonds. The minimum atomic E-state index is -0.539. The Morgan fingerprint density at radius 2 is 1.88 bits per heavy atom. The third-order valence-electron chi connectivity index (χ3n) is 4.86. The summed E-state index contributed by atoms with van der Waals surface area (Å²) in [5.74, 6) is -0.0776. The van der Waals surface area contributed by atoms with Crippen molar-refractivity contribution < 1.29 is 9.59 Å². The van der Waals surface area contributed by atoms with Crippen molar-refractivity contribution in [2.45, 2.75) is 26.8 Å². The summed E-state index contributed by atoms with van der Waals surface area (Å²) in [7, 11) is 0. The maximum Gasteiger partial charge on any atom is 0.322 e. The number of carbonyl (C=O) groups is 2. The van der Waals surface area contributed by atoms with Gasteiger partial charge in [0.05, 0.1) is 0 Å². The fraction of sp³-hybridized carbons (Fsp3) is 0.300. The third kappa shape index (κ3) is 3.53. The van der Waals surface area contributed by atoms with Gasteiger partial charge in [0, 0.05) is 29.5 Å². The van der Waals surface area contributed by atoms with Crippen LogP contribution in [0.2, 0.25) is 5.02 Å². The molecule has 0 aliphatic carbocycles. The second-order valence-electron chi connectivity index (χ2n) is 6.52. The highest BCUT2D eigenvalue weighted by atomic mass is 35.5. The van der Waals surface area contributed by atoms with Crippen LogP contribution in [-0.4, -0.2) is 36.0 Å². The highest BCUT2D eigenvalue weighted by Crippen LogP contribution is 2.26. The first-order valence-electron chi connectivity index (χ1n) is 8.59. The lowest BCUT2D eigenvalue weighted by molar-refractivity contribution is -0.123. The Morgan fingerprint density at radius 3 is 2.62 bits per heavy atom. The number of nitrogens with one attached hydrogen (secondary N) is 1. The van der Waals surface area contributed by atoms with Crippen molar-refractivity contribution in [3.8, 4) is 0 Å². The molecule has 1 heterocycles. The lowest BCUT2D eigenvalue weighted by atomic mass is 10.1. The van der Waals surface area contributed by atoms with Crippen LogP contribution in [0.1, 0.15) is 18.1 Å². The van der Waals surface area contributed by atoms with Crippen LogP contribution < -0.4 is 10.2 Å². The van der Waals surface area contributed by atoms with Crippen LogP contribution in [-0.2, 0) is 4.79 Å². The second kappa shape index (κ2) is 7.38. The minimum absolute atomic E-state index is 0.0776. The zero-order chi connectivity index (χ0) is 18.8. The standard InChI is InChI=1S/C20H22ClN3O2/c1-13-6-4-9-18(14(13)2)24-11-10-23(15(3)19(24)25)20(26)22-17-8-5-7-16(21)12-17/h4-9,12,15H,10-11H2,1-3H3,(H,22,26)/t15-/m0/s1. The largest absolute Gasteiger partial charge is 0.322 e. The van der Waals surface area contributed by atoms with E-state index in [0.29, 0.717) is 23.8 Å². The summed E-state index contributed by atoms with van der Waals surface area (Å²) in [5.41, 5.74) is 3.75. The Bertz CT molecular complexity index is 853. The Kier molecular flexibility index (Phi) is 5.18. The number of hydrogen-bond acceptors (Lipinski definition) is 2. The number of amides is 3. The molecule has 1 N–H and O–H groups in total. The van der Waals surface area contributed by atoms with Gasteiger partial charge in [-0.15, -0.1) is 0 Å². The summed E-state index contributed by atoms with van der Waals surface area (Å²) in [6.45, 7) is 6.74. The fourth-order valence-electron chi connectivity index (χ4n) is 3.18. The molecule has 2 aromatic carbocycles. The van der Waals surface area contributed by atoms with Gasteiger partial charge < -0.3 is 15.1 Å². The van der Waals surface area contributed by atoms with Gasteiger partial charge in [0.2, 0.25) is 5.91 Å². The SMILES string of the molecule is Cc1cccc(N2CCN(C(=O)Nc3cccc(Cl)c3)[C@@H](C)C2=O)c1C. The predicted octanol–water partition coefficient (Wildman–Crippen LogP) is 4.23. The van der Waals surface area contributed by atoms with Crippen molar-refractivity contribution in [3.63, 3.8) is 0 Å². The summed E-state index contributed by atoms with van der Waals surface area (Å²) in [5, 5.41) is 3.36. The van der Waals surface area contributed by atoms with Gasteiger partial charge >= 0.3 is 6.03 Å².